The van der Waals surface area contributed by atoms with E-state index in [1.54, 1.807) is 0 Å². The Balaban J connectivity index is 2.01. The van der Waals surface area contributed by atoms with Crippen LogP contribution < -0.4 is 5.32 Å². The zero-order valence-electron chi connectivity index (χ0n) is 12.5. The summed E-state index contributed by atoms with van der Waals surface area (Å²) in [5.74, 6) is -1.39. The number of nitrogens with one attached hydrogen (secondary N) is 1. The molecule has 1 unspecified atom stereocenters. The van der Waals surface area contributed by atoms with Crippen molar-refractivity contribution in [3.63, 3.8) is 0 Å². The molecule has 5 nitrogen and oxygen atoms in total. The predicted octanol–water partition coefficient (Wildman–Crippen LogP) is 2.50. The van der Waals surface area contributed by atoms with E-state index in [1.165, 1.54) is 23.8 Å². The smallest absolute Gasteiger partial charge is 0.325 e. The van der Waals surface area contributed by atoms with Crippen molar-refractivity contribution in [3.05, 3.63) is 40.9 Å². The van der Waals surface area contributed by atoms with Crippen LogP contribution in [0.25, 0.3) is 10.6 Å². The average Bonchev–Trinajstić information content (AvgIpc) is 2.95. The maximum atomic E-state index is 11.7. The second kappa shape index (κ2) is 7.17. The highest BCUT2D eigenvalue weighted by Gasteiger charge is 2.15. The summed E-state index contributed by atoms with van der Waals surface area (Å²) in [4.78, 5) is 26.9. The summed E-state index contributed by atoms with van der Waals surface area (Å²) in [5, 5.41) is 13.9. The van der Waals surface area contributed by atoms with Crippen LogP contribution in [0.3, 0.4) is 0 Å². The van der Waals surface area contributed by atoms with Crippen molar-refractivity contribution in [1.29, 1.82) is 0 Å². The van der Waals surface area contributed by atoms with Gasteiger partial charge in [0.25, 0.3) is 0 Å². The first-order valence-electron chi connectivity index (χ1n) is 7.05. The van der Waals surface area contributed by atoms with Gasteiger partial charge in [-0.25, -0.2) is 4.98 Å². The molecule has 0 saturated heterocycles. The quantitative estimate of drug-likeness (QED) is 0.857. The summed E-state index contributed by atoms with van der Waals surface area (Å²) in [6.45, 7) is 3.54. The largest absolute Gasteiger partial charge is 0.480 e. The van der Waals surface area contributed by atoms with Crippen LogP contribution in [-0.2, 0) is 22.4 Å². The van der Waals surface area contributed by atoms with E-state index in [-0.39, 0.29) is 12.3 Å². The standard InChI is InChI=1S/C16H18N2O3S/c1-3-11-4-6-12(7-5-11)15-18-13(9-22-15)8-14(19)17-10(2)16(20)21/h4-7,9-10H,3,8H2,1-2H3,(H,17,19)(H,20,21). The lowest BCUT2D eigenvalue weighted by Crippen LogP contribution is -2.39. The van der Waals surface area contributed by atoms with E-state index in [0.29, 0.717) is 5.69 Å². The van der Waals surface area contributed by atoms with Gasteiger partial charge in [-0.05, 0) is 18.9 Å². The molecule has 0 aliphatic rings. The Bertz CT molecular complexity index is 664. The van der Waals surface area contributed by atoms with Crippen LogP contribution in [0, 0.1) is 0 Å². The molecule has 0 saturated carbocycles. The Labute approximate surface area is 133 Å². The van der Waals surface area contributed by atoms with Gasteiger partial charge in [-0.3, -0.25) is 9.59 Å². The number of amides is 1. The number of rotatable bonds is 6. The van der Waals surface area contributed by atoms with Gasteiger partial charge in [-0.2, -0.15) is 0 Å². The highest BCUT2D eigenvalue weighted by Crippen LogP contribution is 2.24. The summed E-state index contributed by atoms with van der Waals surface area (Å²) >= 11 is 1.48. The predicted molar refractivity (Wildman–Crippen MR) is 85.9 cm³/mol. The van der Waals surface area contributed by atoms with Gasteiger partial charge in [0.15, 0.2) is 0 Å². The number of benzene rings is 1. The van der Waals surface area contributed by atoms with Crippen molar-refractivity contribution in [3.8, 4) is 10.6 Å². The average molecular weight is 318 g/mol. The number of carbonyl (C=O) groups excluding carboxylic acids is 1. The molecule has 2 rings (SSSR count). The number of aromatic nitrogens is 1. The van der Waals surface area contributed by atoms with E-state index in [2.05, 4.69) is 29.4 Å². The molecule has 2 N–H and O–H groups in total. The lowest BCUT2D eigenvalue weighted by molar-refractivity contribution is -0.141. The molecule has 6 heteroatoms. The van der Waals surface area contributed by atoms with Gasteiger partial charge in [-0.1, -0.05) is 31.2 Å². The zero-order valence-corrected chi connectivity index (χ0v) is 13.3. The van der Waals surface area contributed by atoms with Gasteiger partial charge in [0, 0.05) is 10.9 Å². The van der Waals surface area contributed by atoms with E-state index >= 15 is 0 Å². The molecule has 1 aromatic carbocycles. The lowest BCUT2D eigenvalue weighted by atomic mass is 10.1. The third-order valence-corrected chi connectivity index (χ3v) is 4.19. The normalized spacial score (nSPS) is 11.9. The Morgan fingerprint density at radius 2 is 2.00 bits per heavy atom. The van der Waals surface area contributed by atoms with Crippen molar-refractivity contribution >= 4 is 23.2 Å². The molecule has 1 amide bonds. The molecule has 0 fully saturated rings. The van der Waals surface area contributed by atoms with Crippen molar-refractivity contribution in [1.82, 2.24) is 10.3 Å². The molecule has 0 radical (unpaired) electrons. The number of carbonyl (C=O) groups is 2. The third-order valence-electron chi connectivity index (χ3n) is 3.25. The van der Waals surface area contributed by atoms with Crippen molar-refractivity contribution < 1.29 is 14.7 Å². The van der Waals surface area contributed by atoms with Crippen LogP contribution in [0.1, 0.15) is 25.1 Å². The Morgan fingerprint density at radius 1 is 1.32 bits per heavy atom. The SMILES string of the molecule is CCc1ccc(-c2nc(CC(=O)NC(C)C(=O)O)cs2)cc1. The minimum atomic E-state index is -1.05. The van der Waals surface area contributed by atoms with Crippen molar-refractivity contribution in [2.24, 2.45) is 0 Å². The van der Waals surface area contributed by atoms with Crippen molar-refractivity contribution in [2.75, 3.05) is 0 Å². The summed E-state index contributed by atoms with van der Waals surface area (Å²) in [6, 6.07) is 7.28. The molecule has 1 aromatic heterocycles. The topological polar surface area (TPSA) is 79.3 Å². The maximum Gasteiger partial charge on any atom is 0.325 e. The fraction of sp³-hybridized carbons (Fsp3) is 0.312. The number of aryl methyl sites for hydroxylation is 1. The molecular weight excluding hydrogens is 300 g/mol. The molecule has 0 aliphatic carbocycles. The summed E-state index contributed by atoms with van der Waals surface area (Å²) in [7, 11) is 0. The Hall–Kier alpha value is -2.21. The number of thiazole rings is 1. The van der Waals surface area contributed by atoms with Crippen LogP contribution >= 0.6 is 11.3 Å². The molecule has 0 spiro atoms. The highest BCUT2D eigenvalue weighted by atomic mass is 32.1. The minimum absolute atomic E-state index is 0.0845. The van der Waals surface area contributed by atoms with Gasteiger partial charge in [0.1, 0.15) is 11.0 Å². The van der Waals surface area contributed by atoms with E-state index in [1.807, 2.05) is 17.5 Å². The summed E-state index contributed by atoms with van der Waals surface area (Å²) in [6.07, 6.45) is 1.08. The van der Waals surface area contributed by atoms with Crippen LogP contribution in [0.4, 0.5) is 0 Å². The first-order chi connectivity index (χ1) is 10.5. The molecule has 22 heavy (non-hydrogen) atoms. The molecule has 0 aliphatic heterocycles. The molecular formula is C16H18N2O3S. The van der Waals surface area contributed by atoms with Crippen LogP contribution in [-0.4, -0.2) is 28.0 Å². The maximum absolute atomic E-state index is 11.7. The van der Waals surface area contributed by atoms with Gasteiger partial charge in [0.2, 0.25) is 5.91 Å². The van der Waals surface area contributed by atoms with Gasteiger partial charge in [0.05, 0.1) is 12.1 Å². The fourth-order valence-electron chi connectivity index (χ4n) is 1.92. The van der Waals surface area contributed by atoms with E-state index in [0.717, 1.165) is 17.0 Å². The first kappa shape index (κ1) is 16.2. The molecule has 0 bridgehead atoms. The number of nitrogens with zero attached hydrogens (tertiary/aromatic N) is 1. The first-order valence-corrected chi connectivity index (χ1v) is 7.93. The van der Waals surface area contributed by atoms with Gasteiger partial charge in [-0.15, -0.1) is 11.3 Å². The monoisotopic (exact) mass is 318 g/mol. The van der Waals surface area contributed by atoms with Crippen LogP contribution in [0.2, 0.25) is 0 Å². The van der Waals surface area contributed by atoms with E-state index in [9.17, 15) is 9.59 Å². The van der Waals surface area contributed by atoms with E-state index < -0.39 is 12.0 Å². The van der Waals surface area contributed by atoms with Gasteiger partial charge < -0.3 is 10.4 Å². The second-order valence-corrected chi connectivity index (χ2v) is 5.86. The Kier molecular flexibility index (Phi) is 5.27. The number of hydrogen-bond acceptors (Lipinski definition) is 4. The minimum Gasteiger partial charge on any atom is -0.480 e. The van der Waals surface area contributed by atoms with Crippen LogP contribution in [0.15, 0.2) is 29.6 Å². The highest BCUT2D eigenvalue weighted by molar-refractivity contribution is 7.13. The summed E-state index contributed by atoms with van der Waals surface area (Å²) < 4.78 is 0. The number of aliphatic carboxylic acids is 1. The number of hydrogen-bond donors (Lipinski definition) is 2. The molecule has 2 aromatic rings. The zero-order chi connectivity index (χ0) is 16.1. The lowest BCUT2D eigenvalue weighted by Gasteiger charge is -2.07. The van der Waals surface area contributed by atoms with Gasteiger partial charge >= 0.3 is 5.97 Å². The molecule has 116 valence electrons. The van der Waals surface area contributed by atoms with Crippen LogP contribution in [0.5, 0.6) is 0 Å². The molecule has 1 heterocycles. The Morgan fingerprint density at radius 3 is 2.59 bits per heavy atom. The molecule has 1 atom stereocenters. The fourth-order valence-corrected chi connectivity index (χ4v) is 2.75. The van der Waals surface area contributed by atoms with Crippen molar-refractivity contribution in [2.45, 2.75) is 32.7 Å². The number of carboxylic acid groups (broad SMARTS) is 1. The van der Waals surface area contributed by atoms with E-state index in [4.69, 9.17) is 5.11 Å². The summed E-state index contributed by atoms with van der Waals surface area (Å²) in [5.41, 5.74) is 2.94. The second-order valence-electron chi connectivity index (χ2n) is 5.00. The third kappa shape index (κ3) is 4.14. The number of carboxylic acids is 1.